The molecule has 0 aliphatic carbocycles. The molecular weight excluding hydrogens is 486 g/mol. The number of benzene rings is 2. The molecule has 0 bridgehead atoms. The molecule has 0 unspecified atom stereocenters. The molecule has 0 radical (unpaired) electrons. The molecule has 1 fully saturated rings. The van der Waals surface area contributed by atoms with Gasteiger partial charge in [0.15, 0.2) is 5.60 Å². The lowest BCUT2D eigenvalue weighted by Crippen LogP contribution is -2.51. The third kappa shape index (κ3) is 3.28. The Labute approximate surface area is 199 Å². The van der Waals surface area contributed by atoms with Gasteiger partial charge in [-0.15, -0.1) is 0 Å². The van der Waals surface area contributed by atoms with Crippen molar-refractivity contribution in [1.29, 1.82) is 0 Å². The molecule has 1 spiro atoms. The fraction of sp³-hybridized carbons (Fsp3) is 0.480. The largest absolute Gasteiger partial charge is 0.497 e. The van der Waals surface area contributed by atoms with Gasteiger partial charge in [0, 0.05) is 29.6 Å². The van der Waals surface area contributed by atoms with Crippen LogP contribution in [0.25, 0.3) is 0 Å². The lowest BCUT2D eigenvalue weighted by Gasteiger charge is -2.37. The lowest BCUT2D eigenvalue weighted by atomic mass is 9.82. The zero-order valence-electron chi connectivity index (χ0n) is 19.6. The minimum atomic E-state index is -2.11. The van der Waals surface area contributed by atoms with Crippen LogP contribution in [0.1, 0.15) is 24.5 Å². The molecule has 1 N–H and O–H groups in total. The third-order valence-electron chi connectivity index (χ3n) is 7.56. The van der Waals surface area contributed by atoms with E-state index >= 15 is 0 Å². The van der Waals surface area contributed by atoms with Gasteiger partial charge in [0.05, 0.1) is 27.0 Å². The predicted molar refractivity (Wildman–Crippen MR) is 134 cm³/mol. The minimum absolute atomic E-state index is 0.0173. The van der Waals surface area contributed by atoms with Gasteiger partial charge in [0.25, 0.3) is 5.91 Å². The monoisotopic (exact) mass is 517 g/mol. The van der Waals surface area contributed by atoms with E-state index in [9.17, 15) is 9.90 Å². The first kappa shape index (κ1) is 23.5. The average molecular weight is 519 g/mol. The molecule has 2 aromatic carbocycles. The number of hydrogen-bond donors (Lipinski definition) is 1. The second-order valence-corrected chi connectivity index (χ2v) is 15.2. The number of amides is 1. The van der Waals surface area contributed by atoms with E-state index in [-0.39, 0.29) is 30.1 Å². The Morgan fingerprint density at radius 3 is 2.50 bits per heavy atom. The van der Waals surface area contributed by atoms with Crippen LogP contribution < -0.4 is 14.8 Å². The van der Waals surface area contributed by atoms with Crippen molar-refractivity contribution in [3.8, 4) is 5.75 Å². The van der Waals surface area contributed by atoms with Crippen molar-refractivity contribution < 1.29 is 19.4 Å². The number of carbonyl (C=O) groups excluding carboxylic acids is 1. The van der Waals surface area contributed by atoms with Crippen molar-refractivity contribution in [2.45, 2.75) is 50.6 Å². The molecule has 4 atom stereocenters. The molecule has 2 aliphatic rings. The van der Waals surface area contributed by atoms with E-state index in [0.717, 1.165) is 27.0 Å². The van der Waals surface area contributed by atoms with Crippen LogP contribution in [-0.4, -0.2) is 46.0 Å². The molecular formula is C25H32BrNO4Si. The Morgan fingerprint density at radius 1 is 1.25 bits per heavy atom. The van der Waals surface area contributed by atoms with Gasteiger partial charge < -0.3 is 19.5 Å². The first-order valence-corrected chi connectivity index (χ1v) is 15.0. The average Bonchev–Trinajstić information content (AvgIpc) is 3.16. The van der Waals surface area contributed by atoms with Crippen LogP contribution in [0.3, 0.4) is 0 Å². The molecule has 0 saturated carbocycles. The fourth-order valence-corrected chi connectivity index (χ4v) is 10.9. The quantitative estimate of drug-likeness (QED) is 0.599. The van der Waals surface area contributed by atoms with Crippen molar-refractivity contribution in [3.63, 3.8) is 0 Å². The zero-order valence-corrected chi connectivity index (χ0v) is 22.2. The van der Waals surface area contributed by atoms with E-state index in [4.69, 9.17) is 9.47 Å². The van der Waals surface area contributed by atoms with Gasteiger partial charge in [-0.05, 0) is 58.6 Å². The van der Waals surface area contributed by atoms with Crippen molar-refractivity contribution in [2.24, 2.45) is 5.92 Å². The predicted octanol–water partition coefficient (Wildman–Crippen LogP) is 4.34. The first-order valence-electron chi connectivity index (χ1n) is 11.1. The molecule has 2 heterocycles. The number of methoxy groups -OCH3 is 1. The number of halogens is 1. The summed E-state index contributed by atoms with van der Waals surface area (Å²) in [6.07, 6.45) is 0.323. The molecule has 5 nitrogen and oxygen atoms in total. The molecule has 0 aromatic heterocycles. The SMILES string of the molecule is COc1ccc([Si](C)(C)[C@@H]2[C@@H](CCO)O[C@]3(C(=O)N(C)c4c(Br)cc(C)cc43)[C@H]2C)cc1. The van der Waals surface area contributed by atoms with Crippen molar-refractivity contribution in [3.05, 3.63) is 52.0 Å². The number of likely N-dealkylation sites (N-methyl/N-ethyl adjacent to an activating group) is 1. The van der Waals surface area contributed by atoms with Crippen LogP contribution in [0, 0.1) is 12.8 Å². The van der Waals surface area contributed by atoms with Crippen molar-refractivity contribution in [1.82, 2.24) is 0 Å². The maximum Gasteiger partial charge on any atom is 0.264 e. The number of hydrogen-bond acceptors (Lipinski definition) is 4. The number of nitrogens with zero attached hydrogens (tertiary/aromatic N) is 1. The molecule has 32 heavy (non-hydrogen) atoms. The van der Waals surface area contributed by atoms with E-state index in [1.165, 1.54) is 5.19 Å². The summed E-state index contributed by atoms with van der Waals surface area (Å²) in [6.45, 7) is 8.93. The van der Waals surface area contributed by atoms with Crippen molar-refractivity contribution >= 4 is 40.8 Å². The van der Waals surface area contributed by atoms with Crippen LogP contribution in [0.2, 0.25) is 18.6 Å². The summed E-state index contributed by atoms with van der Waals surface area (Å²) < 4.78 is 13.0. The third-order valence-corrected chi connectivity index (χ3v) is 12.5. The van der Waals surface area contributed by atoms with Gasteiger partial charge in [-0.25, -0.2) is 0 Å². The molecule has 1 saturated heterocycles. The van der Waals surface area contributed by atoms with Crippen LogP contribution >= 0.6 is 15.9 Å². The summed E-state index contributed by atoms with van der Waals surface area (Å²) in [4.78, 5) is 15.6. The van der Waals surface area contributed by atoms with Crippen molar-refractivity contribution in [2.75, 3.05) is 25.7 Å². The van der Waals surface area contributed by atoms with Crippen LogP contribution in [0.15, 0.2) is 40.9 Å². The maximum atomic E-state index is 13.8. The minimum Gasteiger partial charge on any atom is -0.497 e. The van der Waals surface area contributed by atoms with Gasteiger partial charge in [-0.1, -0.05) is 43.4 Å². The summed E-state index contributed by atoms with van der Waals surface area (Å²) >= 11 is 3.67. The summed E-state index contributed by atoms with van der Waals surface area (Å²) in [5.41, 5.74) is 2.04. The van der Waals surface area contributed by atoms with Gasteiger partial charge in [0.1, 0.15) is 5.75 Å². The Hall–Kier alpha value is -1.67. The van der Waals surface area contributed by atoms with E-state index in [2.05, 4.69) is 54.1 Å². The highest BCUT2D eigenvalue weighted by Crippen LogP contribution is 2.60. The normalized spacial score (nSPS) is 27.3. The van der Waals surface area contributed by atoms with E-state index < -0.39 is 13.7 Å². The second-order valence-electron chi connectivity index (χ2n) is 9.68. The van der Waals surface area contributed by atoms with Gasteiger partial charge in [0.2, 0.25) is 0 Å². The molecule has 1 amide bonds. The second kappa shape index (κ2) is 8.28. The van der Waals surface area contributed by atoms with Crippen LogP contribution in [0.4, 0.5) is 5.69 Å². The number of aliphatic hydroxyl groups excluding tert-OH is 1. The standard InChI is InChI=1S/C25H32BrNO4Si/c1-15-13-19-22(20(26)14-15)27(3)24(29)25(19)16(2)23(21(31-25)11-12-28)32(5,6)18-9-7-17(30-4)8-10-18/h7-10,13-14,16,21,23,28H,11-12H2,1-6H3/t16-,21+,23-,25+/m0/s1. The number of anilines is 1. The molecule has 172 valence electrons. The Kier molecular flexibility index (Phi) is 6.07. The van der Waals surface area contributed by atoms with Crippen LogP contribution in [-0.2, 0) is 15.1 Å². The number of aliphatic hydroxyl groups is 1. The highest BCUT2D eigenvalue weighted by atomic mass is 79.9. The number of rotatable bonds is 5. The fourth-order valence-electron chi connectivity index (χ4n) is 6.04. The van der Waals surface area contributed by atoms with Gasteiger partial charge >= 0.3 is 0 Å². The van der Waals surface area contributed by atoms with Gasteiger partial charge in [-0.3, -0.25) is 4.79 Å². The summed E-state index contributed by atoms with van der Waals surface area (Å²) in [6, 6.07) is 12.4. The van der Waals surface area contributed by atoms with E-state index in [0.29, 0.717) is 6.42 Å². The molecule has 2 aromatic rings. The smallest absolute Gasteiger partial charge is 0.264 e. The van der Waals surface area contributed by atoms with Gasteiger partial charge in [-0.2, -0.15) is 0 Å². The highest BCUT2D eigenvalue weighted by molar-refractivity contribution is 9.10. The summed E-state index contributed by atoms with van der Waals surface area (Å²) in [5.74, 6) is 0.781. The Morgan fingerprint density at radius 2 is 1.91 bits per heavy atom. The number of fused-ring (bicyclic) bond motifs is 2. The Balaban J connectivity index is 1.86. The summed E-state index contributed by atoms with van der Waals surface area (Å²) in [7, 11) is 1.38. The number of carbonyl (C=O) groups is 1. The topological polar surface area (TPSA) is 59.0 Å². The lowest BCUT2D eigenvalue weighted by molar-refractivity contribution is -0.146. The number of ether oxygens (including phenoxy) is 2. The maximum absolute atomic E-state index is 13.8. The molecule has 2 aliphatic heterocycles. The molecule has 4 rings (SSSR count). The zero-order chi connectivity index (χ0) is 23.4. The highest BCUT2D eigenvalue weighted by Gasteiger charge is 2.66. The Bertz CT molecular complexity index is 1040. The van der Waals surface area contributed by atoms with E-state index in [1.807, 2.05) is 32.2 Å². The van der Waals surface area contributed by atoms with Crippen LogP contribution in [0.5, 0.6) is 5.75 Å². The summed E-state index contributed by atoms with van der Waals surface area (Å²) in [5, 5.41) is 11.2. The first-order chi connectivity index (χ1) is 15.1. The molecule has 7 heteroatoms. The van der Waals surface area contributed by atoms with E-state index in [1.54, 1.807) is 12.0 Å². The number of aryl methyl sites for hydroxylation is 1.